The molecule has 0 heterocycles. The Morgan fingerprint density at radius 3 is 3.11 bits per heavy atom. The van der Waals surface area contributed by atoms with E-state index >= 15 is 0 Å². The Bertz CT molecular complexity index is 95.2. The molecule has 9 heavy (non-hydrogen) atoms. The van der Waals surface area contributed by atoms with E-state index in [0.29, 0.717) is 0 Å². The molecule has 0 aromatic heterocycles. The molecule has 0 unspecified atom stereocenters. The highest BCUT2D eigenvalue weighted by atomic mass is 13.9. The van der Waals surface area contributed by atoms with Crippen molar-refractivity contribution in [1.82, 2.24) is 0 Å². The quantitative estimate of drug-likeness (QED) is 0.462. The molecule has 1 aliphatic rings. The van der Waals surface area contributed by atoms with E-state index in [9.17, 15) is 0 Å². The van der Waals surface area contributed by atoms with Crippen LogP contribution in [0, 0.1) is 6.08 Å². The zero-order valence-electron chi connectivity index (χ0n) is 5.77. The molecule has 0 saturated heterocycles. The van der Waals surface area contributed by atoms with E-state index in [1.807, 2.05) is 6.08 Å². The molecule has 1 aliphatic carbocycles. The molecule has 0 aromatic rings. The van der Waals surface area contributed by atoms with Gasteiger partial charge in [0.05, 0.1) is 0 Å². The molecule has 0 bridgehead atoms. The summed E-state index contributed by atoms with van der Waals surface area (Å²) < 4.78 is 0. The van der Waals surface area contributed by atoms with Gasteiger partial charge < -0.3 is 0 Å². The van der Waals surface area contributed by atoms with Crippen molar-refractivity contribution < 1.29 is 0 Å². The fourth-order valence-electron chi connectivity index (χ4n) is 0.982. The molecular formula is C9H13. The van der Waals surface area contributed by atoms with Gasteiger partial charge in [0.2, 0.25) is 0 Å². The fraction of sp³-hybridized carbons (Fsp3) is 0.556. The maximum absolute atomic E-state index is 3.22. The first kappa shape index (κ1) is 6.60. The Balaban J connectivity index is 2.28. The molecule has 1 rings (SSSR count). The van der Waals surface area contributed by atoms with E-state index in [-0.39, 0.29) is 0 Å². The topological polar surface area (TPSA) is 0 Å². The summed E-state index contributed by atoms with van der Waals surface area (Å²) in [6.45, 7) is 0. The van der Waals surface area contributed by atoms with Crippen LogP contribution >= 0.6 is 0 Å². The Kier molecular flexibility index (Phi) is 3.20. The van der Waals surface area contributed by atoms with E-state index in [4.69, 9.17) is 0 Å². The van der Waals surface area contributed by atoms with Gasteiger partial charge in [0.1, 0.15) is 0 Å². The fourth-order valence-corrected chi connectivity index (χ4v) is 0.982. The van der Waals surface area contributed by atoms with Gasteiger partial charge in [0.15, 0.2) is 0 Å². The number of hydrogen-bond donors (Lipinski definition) is 0. The largest absolute Gasteiger partial charge is 0.0845 e. The van der Waals surface area contributed by atoms with Crippen LogP contribution in [-0.4, -0.2) is 0 Å². The lowest BCUT2D eigenvalue weighted by molar-refractivity contribution is 0.693. The molecule has 0 amide bonds. The molecule has 0 nitrogen and oxygen atoms in total. The minimum absolute atomic E-state index is 1.14. The van der Waals surface area contributed by atoms with E-state index in [1.54, 1.807) is 0 Å². The van der Waals surface area contributed by atoms with Crippen LogP contribution in [0.1, 0.15) is 32.1 Å². The predicted octanol–water partition coefficient (Wildman–Crippen LogP) is 2.87. The third-order valence-corrected chi connectivity index (χ3v) is 1.54. The number of hydrogen-bond acceptors (Lipinski definition) is 0. The normalized spacial score (nSPS) is 20.4. The predicted molar refractivity (Wildman–Crippen MR) is 40.0 cm³/mol. The highest BCUT2D eigenvalue weighted by molar-refractivity contribution is 4.99. The molecule has 0 N–H and O–H groups in total. The highest BCUT2D eigenvalue weighted by Gasteiger charge is 1.86. The third kappa shape index (κ3) is 3.12. The summed E-state index contributed by atoms with van der Waals surface area (Å²) in [4.78, 5) is 0. The SMILES string of the molecule is [C]1=CC=CCCCCC1. The van der Waals surface area contributed by atoms with Crippen molar-refractivity contribution in [2.24, 2.45) is 0 Å². The van der Waals surface area contributed by atoms with Crippen LogP contribution in [0.5, 0.6) is 0 Å². The van der Waals surface area contributed by atoms with Crippen molar-refractivity contribution in [2.75, 3.05) is 0 Å². The standard InChI is InChI=1S/C9H13/c1-2-4-6-8-9-7-5-3-1/h1-3H,4,6-9H2. The first-order valence-electron chi connectivity index (χ1n) is 3.72. The molecule has 0 atom stereocenters. The summed E-state index contributed by atoms with van der Waals surface area (Å²) >= 11 is 0. The van der Waals surface area contributed by atoms with Crippen molar-refractivity contribution in [2.45, 2.75) is 32.1 Å². The zero-order valence-corrected chi connectivity index (χ0v) is 5.77. The molecule has 0 aromatic carbocycles. The molecule has 1 radical (unpaired) electrons. The first-order valence-corrected chi connectivity index (χ1v) is 3.72. The smallest absolute Gasteiger partial charge is 0.0276 e. The molecule has 0 fully saturated rings. The maximum atomic E-state index is 3.22. The maximum Gasteiger partial charge on any atom is -0.0276 e. The van der Waals surface area contributed by atoms with E-state index in [2.05, 4.69) is 18.2 Å². The van der Waals surface area contributed by atoms with Gasteiger partial charge in [-0.05, 0) is 31.8 Å². The summed E-state index contributed by atoms with van der Waals surface area (Å²) in [5.74, 6) is 0. The summed E-state index contributed by atoms with van der Waals surface area (Å²) in [6.07, 6.45) is 16.0. The average Bonchev–Trinajstić information content (AvgIpc) is 2.00. The van der Waals surface area contributed by atoms with Crippen LogP contribution in [-0.2, 0) is 0 Å². The molecule has 0 saturated carbocycles. The van der Waals surface area contributed by atoms with Crippen LogP contribution in [0.15, 0.2) is 18.2 Å². The second kappa shape index (κ2) is 4.37. The molecule has 0 aliphatic heterocycles. The van der Waals surface area contributed by atoms with E-state index < -0.39 is 0 Å². The first-order chi connectivity index (χ1) is 4.50. The highest BCUT2D eigenvalue weighted by Crippen LogP contribution is 2.05. The van der Waals surface area contributed by atoms with Gasteiger partial charge in [-0.3, -0.25) is 0 Å². The van der Waals surface area contributed by atoms with Crippen LogP contribution in [0.4, 0.5) is 0 Å². The van der Waals surface area contributed by atoms with Gasteiger partial charge in [0, 0.05) is 0 Å². The summed E-state index contributed by atoms with van der Waals surface area (Å²) in [5.41, 5.74) is 0. The van der Waals surface area contributed by atoms with Crippen molar-refractivity contribution in [1.29, 1.82) is 0 Å². The molecule has 49 valence electrons. The number of rotatable bonds is 0. The lowest BCUT2D eigenvalue weighted by Crippen LogP contribution is -1.72. The van der Waals surface area contributed by atoms with E-state index in [0.717, 1.165) is 6.42 Å². The van der Waals surface area contributed by atoms with Gasteiger partial charge in [-0.25, -0.2) is 0 Å². The van der Waals surface area contributed by atoms with Crippen molar-refractivity contribution in [3.8, 4) is 0 Å². The van der Waals surface area contributed by atoms with Crippen molar-refractivity contribution in [3.05, 3.63) is 24.3 Å². The van der Waals surface area contributed by atoms with Gasteiger partial charge in [-0.15, -0.1) is 0 Å². The second-order valence-corrected chi connectivity index (χ2v) is 2.40. The van der Waals surface area contributed by atoms with Gasteiger partial charge in [0.25, 0.3) is 0 Å². The zero-order chi connectivity index (χ0) is 6.36. The van der Waals surface area contributed by atoms with Crippen molar-refractivity contribution in [3.63, 3.8) is 0 Å². The van der Waals surface area contributed by atoms with Gasteiger partial charge in [-0.2, -0.15) is 0 Å². The molecule has 0 heteroatoms. The minimum atomic E-state index is 1.14. The average molecular weight is 121 g/mol. The second-order valence-electron chi connectivity index (χ2n) is 2.40. The van der Waals surface area contributed by atoms with Crippen LogP contribution < -0.4 is 0 Å². The molecule has 0 spiro atoms. The van der Waals surface area contributed by atoms with Crippen LogP contribution in [0.25, 0.3) is 0 Å². The summed E-state index contributed by atoms with van der Waals surface area (Å²) in [5, 5.41) is 0. The van der Waals surface area contributed by atoms with Gasteiger partial charge >= 0.3 is 0 Å². The van der Waals surface area contributed by atoms with E-state index in [1.165, 1.54) is 25.7 Å². The monoisotopic (exact) mass is 121 g/mol. The number of allylic oxidation sites excluding steroid dienone is 4. The molecular weight excluding hydrogens is 108 g/mol. The summed E-state index contributed by atoms with van der Waals surface area (Å²) in [7, 11) is 0. The van der Waals surface area contributed by atoms with Gasteiger partial charge in [-0.1, -0.05) is 24.6 Å². The Morgan fingerprint density at radius 2 is 2.11 bits per heavy atom. The Morgan fingerprint density at radius 1 is 1.11 bits per heavy atom. The minimum Gasteiger partial charge on any atom is -0.0845 e. The Labute approximate surface area is 57.3 Å². The summed E-state index contributed by atoms with van der Waals surface area (Å²) in [6, 6.07) is 0. The lowest BCUT2D eigenvalue weighted by Gasteiger charge is -1.91. The third-order valence-electron chi connectivity index (χ3n) is 1.54. The van der Waals surface area contributed by atoms with Crippen LogP contribution in [0.2, 0.25) is 0 Å². The lowest BCUT2D eigenvalue weighted by atomic mass is 10.1. The van der Waals surface area contributed by atoms with Crippen molar-refractivity contribution >= 4 is 0 Å². The van der Waals surface area contributed by atoms with Crippen LogP contribution in [0.3, 0.4) is 0 Å². The Hall–Kier alpha value is -0.520.